The summed E-state index contributed by atoms with van der Waals surface area (Å²) in [5.74, 6) is 1.27. The monoisotopic (exact) mass is 301 g/mol. The molecule has 2 aromatic rings. The summed E-state index contributed by atoms with van der Waals surface area (Å²) < 4.78 is 5.18. The first-order valence-corrected chi connectivity index (χ1v) is 7.52. The van der Waals surface area contributed by atoms with Crippen LogP contribution >= 0.6 is 0 Å². The minimum atomic E-state index is -0.0564. The summed E-state index contributed by atoms with van der Waals surface area (Å²) in [5.41, 5.74) is 0.705. The molecule has 0 unspecified atom stereocenters. The Labute approximate surface area is 128 Å². The third-order valence-corrected chi connectivity index (χ3v) is 3.74. The molecule has 1 fully saturated rings. The Bertz CT molecular complexity index is 628. The van der Waals surface area contributed by atoms with Gasteiger partial charge in [-0.15, -0.1) is 0 Å². The first-order valence-electron chi connectivity index (χ1n) is 7.52. The minimum absolute atomic E-state index is 0.0564. The summed E-state index contributed by atoms with van der Waals surface area (Å²) in [4.78, 5) is 22.6. The molecule has 7 nitrogen and oxygen atoms in total. The topological polar surface area (TPSA) is 84.2 Å². The van der Waals surface area contributed by atoms with Crippen molar-refractivity contribution in [3.63, 3.8) is 0 Å². The van der Waals surface area contributed by atoms with Crippen LogP contribution in [0.2, 0.25) is 0 Å². The molecule has 1 N–H and O–H groups in total. The maximum absolute atomic E-state index is 12.2. The lowest BCUT2D eigenvalue weighted by Gasteiger charge is -2.21. The number of aryl methyl sites for hydroxylation is 1. The Balaban J connectivity index is 1.62. The number of hydrogen-bond donors (Lipinski definition) is 1. The fraction of sp³-hybridized carbons (Fsp3) is 0.467. The van der Waals surface area contributed by atoms with Crippen LogP contribution in [0.1, 0.15) is 37.5 Å². The lowest BCUT2D eigenvalue weighted by Crippen LogP contribution is -2.33. The van der Waals surface area contributed by atoms with E-state index in [2.05, 4.69) is 25.3 Å². The van der Waals surface area contributed by atoms with E-state index in [1.807, 2.05) is 13.0 Å². The van der Waals surface area contributed by atoms with Crippen LogP contribution in [-0.4, -0.2) is 39.0 Å². The zero-order chi connectivity index (χ0) is 15.4. The Morgan fingerprint density at radius 1 is 1.55 bits per heavy atom. The smallest absolute Gasteiger partial charge is 0.238 e. The third kappa shape index (κ3) is 3.30. The summed E-state index contributed by atoms with van der Waals surface area (Å²) in [6, 6.07) is 3.67. The summed E-state index contributed by atoms with van der Waals surface area (Å²) in [5, 5.41) is 6.89. The molecule has 22 heavy (non-hydrogen) atoms. The fourth-order valence-corrected chi connectivity index (χ4v) is 2.68. The van der Waals surface area contributed by atoms with Crippen molar-refractivity contribution in [1.82, 2.24) is 20.0 Å². The first-order chi connectivity index (χ1) is 10.8. The molecule has 3 rings (SSSR count). The summed E-state index contributed by atoms with van der Waals surface area (Å²) >= 11 is 0. The molecule has 3 heterocycles. The molecular weight excluding hydrogens is 282 g/mol. The van der Waals surface area contributed by atoms with Gasteiger partial charge in [-0.3, -0.25) is 14.7 Å². The largest absolute Gasteiger partial charge is 0.339 e. The first kappa shape index (κ1) is 14.6. The molecule has 0 aromatic carbocycles. The SMILES string of the molecule is CCc1nc([C@@H]2CCCN2CC(=O)Nc2cccnc2)no1. The van der Waals surface area contributed by atoms with Crippen LogP contribution in [-0.2, 0) is 11.2 Å². The van der Waals surface area contributed by atoms with Gasteiger partial charge in [0.15, 0.2) is 5.82 Å². The van der Waals surface area contributed by atoms with Crippen LogP contribution in [0.4, 0.5) is 5.69 Å². The molecule has 1 aliphatic rings. The highest BCUT2D eigenvalue weighted by Gasteiger charge is 2.31. The van der Waals surface area contributed by atoms with Crippen molar-refractivity contribution >= 4 is 11.6 Å². The van der Waals surface area contributed by atoms with E-state index in [9.17, 15) is 4.79 Å². The molecular formula is C15H19N5O2. The van der Waals surface area contributed by atoms with Gasteiger partial charge in [-0.05, 0) is 31.5 Å². The second kappa shape index (κ2) is 6.65. The summed E-state index contributed by atoms with van der Waals surface area (Å²) in [7, 11) is 0. The van der Waals surface area contributed by atoms with Gasteiger partial charge < -0.3 is 9.84 Å². The van der Waals surface area contributed by atoms with Crippen molar-refractivity contribution < 1.29 is 9.32 Å². The Hall–Kier alpha value is -2.28. The second-order valence-electron chi connectivity index (χ2n) is 5.32. The van der Waals surface area contributed by atoms with E-state index in [1.54, 1.807) is 18.5 Å². The number of hydrogen-bond acceptors (Lipinski definition) is 6. The van der Waals surface area contributed by atoms with Gasteiger partial charge in [-0.25, -0.2) is 0 Å². The molecule has 1 atom stereocenters. The minimum Gasteiger partial charge on any atom is -0.339 e. The number of anilines is 1. The standard InChI is InChI=1S/C15H19N5O2/c1-2-14-18-15(19-22-14)12-6-4-8-20(12)10-13(21)17-11-5-3-7-16-9-11/h3,5,7,9,12H,2,4,6,8,10H2,1H3,(H,17,21)/t12-/m0/s1. The van der Waals surface area contributed by atoms with Crippen LogP contribution in [0.25, 0.3) is 0 Å². The van der Waals surface area contributed by atoms with Gasteiger partial charge in [0.1, 0.15) is 0 Å². The van der Waals surface area contributed by atoms with E-state index in [4.69, 9.17) is 4.52 Å². The Morgan fingerprint density at radius 2 is 2.45 bits per heavy atom. The number of carbonyl (C=O) groups excluding carboxylic acids is 1. The molecule has 1 aliphatic heterocycles. The highest BCUT2D eigenvalue weighted by Crippen LogP contribution is 2.29. The normalized spacial score (nSPS) is 18.5. The van der Waals surface area contributed by atoms with Crippen LogP contribution in [0.15, 0.2) is 29.0 Å². The number of amides is 1. The van der Waals surface area contributed by atoms with E-state index >= 15 is 0 Å². The van der Waals surface area contributed by atoms with Crippen LogP contribution in [0, 0.1) is 0 Å². The van der Waals surface area contributed by atoms with Crippen molar-refractivity contribution in [3.8, 4) is 0 Å². The van der Waals surface area contributed by atoms with E-state index in [1.165, 1.54) is 0 Å². The van der Waals surface area contributed by atoms with Crippen molar-refractivity contribution in [2.45, 2.75) is 32.2 Å². The molecule has 2 aromatic heterocycles. The molecule has 1 amide bonds. The lowest BCUT2D eigenvalue weighted by molar-refractivity contribution is -0.117. The second-order valence-corrected chi connectivity index (χ2v) is 5.32. The van der Waals surface area contributed by atoms with Gasteiger partial charge in [0, 0.05) is 12.6 Å². The molecule has 0 bridgehead atoms. The van der Waals surface area contributed by atoms with E-state index < -0.39 is 0 Å². The van der Waals surface area contributed by atoms with Crippen molar-refractivity contribution in [3.05, 3.63) is 36.2 Å². The number of nitrogens with zero attached hydrogens (tertiary/aromatic N) is 4. The predicted molar refractivity (Wildman–Crippen MR) is 80.1 cm³/mol. The van der Waals surface area contributed by atoms with Crippen molar-refractivity contribution in [2.75, 3.05) is 18.4 Å². The van der Waals surface area contributed by atoms with Gasteiger partial charge >= 0.3 is 0 Å². The maximum Gasteiger partial charge on any atom is 0.238 e. The maximum atomic E-state index is 12.2. The average molecular weight is 301 g/mol. The van der Waals surface area contributed by atoms with Crippen LogP contribution in [0.3, 0.4) is 0 Å². The number of likely N-dealkylation sites (tertiary alicyclic amines) is 1. The Kier molecular flexibility index (Phi) is 4.43. The molecule has 0 saturated carbocycles. The average Bonchev–Trinajstić information content (AvgIpc) is 3.16. The van der Waals surface area contributed by atoms with Gasteiger partial charge in [-0.1, -0.05) is 12.1 Å². The zero-order valence-electron chi connectivity index (χ0n) is 12.5. The Morgan fingerprint density at radius 3 is 3.18 bits per heavy atom. The molecule has 0 radical (unpaired) electrons. The number of rotatable bonds is 5. The number of aromatic nitrogens is 3. The molecule has 1 saturated heterocycles. The quantitative estimate of drug-likeness (QED) is 0.906. The lowest BCUT2D eigenvalue weighted by atomic mass is 10.2. The van der Waals surface area contributed by atoms with Gasteiger partial charge in [0.25, 0.3) is 0 Å². The van der Waals surface area contributed by atoms with E-state index in [0.29, 0.717) is 23.9 Å². The fourth-order valence-electron chi connectivity index (χ4n) is 2.68. The number of nitrogens with one attached hydrogen (secondary N) is 1. The summed E-state index contributed by atoms with van der Waals surface area (Å²) in [6.07, 6.45) is 6.00. The number of pyridine rings is 1. The van der Waals surface area contributed by atoms with Gasteiger partial charge in [0.05, 0.1) is 24.5 Å². The molecule has 0 aliphatic carbocycles. The van der Waals surface area contributed by atoms with Crippen LogP contribution in [0.5, 0.6) is 0 Å². The molecule has 0 spiro atoms. The van der Waals surface area contributed by atoms with Crippen molar-refractivity contribution in [1.29, 1.82) is 0 Å². The highest BCUT2D eigenvalue weighted by molar-refractivity contribution is 5.92. The summed E-state index contributed by atoms with van der Waals surface area (Å²) in [6.45, 7) is 3.15. The van der Waals surface area contributed by atoms with Gasteiger partial charge in [-0.2, -0.15) is 4.98 Å². The molecule has 116 valence electrons. The van der Waals surface area contributed by atoms with Gasteiger partial charge in [0.2, 0.25) is 11.8 Å². The zero-order valence-corrected chi connectivity index (χ0v) is 12.5. The van der Waals surface area contributed by atoms with Crippen LogP contribution < -0.4 is 5.32 Å². The third-order valence-electron chi connectivity index (χ3n) is 3.74. The van der Waals surface area contributed by atoms with E-state index in [-0.39, 0.29) is 11.9 Å². The van der Waals surface area contributed by atoms with Crippen molar-refractivity contribution in [2.24, 2.45) is 0 Å². The highest BCUT2D eigenvalue weighted by atomic mass is 16.5. The number of carbonyl (C=O) groups is 1. The molecule has 7 heteroatoms. The predicted octanol–water partition coefficient (Wildman–Crippen LogP) is 1.80. The van der Waals surface area contributed by atoms with E-state index in [0.717, 1.165) is 25.8 Å².